The Hall–Kier alpha value is -2.11. The Labute approximate surface area is 193 Å². The van der Waals surface area contributed by atoms with Gasteiger partial charge in [-0.25, -0.2) is 0 Å². The average molecular weight is 435 g/mol. The van der Waals surface area contributed by atoms with Crippen LogP contribution < -0.4 is 9.64 Å². The van der Waals surface area contributed by atoms with Crippen molar-refractivity contribution in [1.82, 2.24) is 14.8 Å². The quantitative estimate of drug-likeness (QED) is 0.688. The van der Waals surface area contributed by atoms with Crippen molar-refractivity contribution in [3.05, 3.63) is 52.8 Å². The first kappa shape index (κ1) is 21.7. The third-order valence-electron chi connectivity index (χ3n) is 7.49. The third-order valence-corrected chi connectivity index (χ3v) is 7.49. The summed E-state index contributed by atoms with van der Waals surface area (Å²) in [5.41, 5.74) is 7.01. The summed E-state index contributed by atoms with van der Waals surface area (Å²) in [6.45, 7) is 12.9. The molecule has 3 heterocycles. The molecule has 1 fully saturated rings. The molecule has 1 unspecified atom stereocenters. The largest absolute Gasteiger partial charge is 0.492 e. The smallest absolute Gasteiger partial charge is 0.142 e. The lowest BCUT2D eigenvalue weighted by molar-refractivity contribution is 0.133. The van der Waals surface area contributed by atoms with Crippen molar-refractivity contribution >= 4 is 5.69 Å². The predicted octanol–water partition coefficient (Wildman–Crippen LogP) is 3.93. The normalized spacial score (nSPS) is 20.5. The first-order chi connectivity index (χ1) is 15.7. The summed E-state index contributed by atoms with van der Waals surface area (Å²) in [4.78, 5) is 12.9. The Balaban J connectivity index is 1.16. The SMILES string of the molecule is CCOc1ccccc1N1CCN(C(C)CN2CCc3nc4c(cc3C2)CCCC4)CC1. The number of nitrogens with zero attached hydrogens (tertiary/aromatic N) is 4. The highest BCUT2D eigenvalue weighted by Crippen LogP contribution is 2.29. The number of aryl methyl sites for hydroxylation is 2. The van der Waals surface area contributed by atoms with Crippen LogP contribution in [0.3, 0.4) is 0 Å². The van der Waals surface area contributed by atoms with Crippen molar-refractivity contribution in [2.75, 3.05) is 50.8 Å². The Morgan fingerprint density at radius 2 is 1.72 bits per heavy atom. The van der Waals surface area contributed by atoms with Crippen LogP contribution in [0.5, 0.6) is 5.75 Å². The molecule has 172 valence electrons. The lowest BCUT2D eigenvalue weighted by Gasteiger charge is -2.41. The van der Waals surface area contributed by atoms with Crippen molar-refractivity contribution in [3.8, 4) is 5.75 Å². The number of piperazine rings is 1. The first-order valence-corrected chi connectivity index (χ1v) is 12.6. The summed E-state index contributed by atoms with van der Waals surface area (Å²) in [6.07, 6.45) is 6.16. The van der Waals surface area contributed by atoms with E-state index in [2.05, 4.69) is 58.9 Å². The molecule has 3 aliphatic rings. The average Bonchev–Trinajstić information content (AvgIpc) is 2.83. The lowest BCUT2D eigenvalue weighted by Crippen LogP contribution is -2.52. The second kappa shape index (κ2) is 9.80. The summed E-state index contributed by atoms with van der Waals surface area (Å²) in [7, 11) is 0. The van der Waals surface area contributed by atoms with Gasteiger partial charge in [-0.3, -0.25) is 14.8 Å². The van der Waals surface area contributed by atoms with Gasteiger partial charge in [-0.1, -0.05) is 18.2 Å². The maximum atomic E-state index is 5.86. The van der Waals surface area contributed by atoms with Crippen LogP contribution in [-0.4, -0.2) is 66.7 Å². The molecule has 5 heteroatoms. The fourth-order valence-electron chi connectivity index (χ4n) is 5.71. The highest BCUT2D eigenvalue weighted by Gasteiger charge is 2.26. The van der Waals surface area contributed by atoms with E-state index in [1.54, 1.807) is 0 Å². The zero-order chi connectivity index (χ0) is 21.9. The summed E-state index contributed by atoms with van der Waals surface area (Å²) in [6, 6.07) is 11.5. The van der Waals surface area contributed by atoms with Crippen LogP contribution in [0.2, 0.25) is 0 Å². The van der Waals surface area contributed by atoms with Gasteiger partial charge >= 0.3 is 0 Å². The van der Waals surface area contributed by atoms with E-state index in [0.29, 0.717) is 12.6 Å². The number of para-hydroxylation sites is 2. The number of anilines is 1. The van der Waals surface area contributed by atoms with Crippen LogP contribution in [0.15, 0.2) is 30.3 Å². The molecule has 0 radical (unpaired) electrons. The molecule has 1 aliphatic carbocycles. The van der Waals surface area contributed by atoms with Gasteiger partial charge < -0.3 is 9.64 Å². The van der Waals surface area contributed by atoms with Gasteiger partial charge in [-0.2, -0.15) is 0 Å². The molecule has 5 nitrogen and oxygen atoms in total. The molecule has 0 bridgehead atoms. The highest BCUT2D eigenvalue weighted by molar-refractivity contribution is 5.58. The van der Waals surface area contributed by atoms with E-state index in [0.717, 1.165) is 58.0 Å². The van der Waals surface area contributed by atoms with Gasteiger partial charge in [0, 0.05) is 69.7 Å². The standard InChI is InChI=1S/C27H38N4O/c1-3-32-27-11-7-6-10-26(27)31-16-14-30(15-17-31)21(2)19-29-13-12-25-23(20-29)18-22-8-4-5-9-24(22)28-25/h6-7,10-11,18,21H,3-5,8-9,12-17,19-20H2,1-2H3. The third kappa shape index (κ3) is 4.65. The van der Waals surface area contributed by atoms with E-state index in [4.69, 9.17) is 9.72 Å². The zero-order valence-corrected chi connectivity index (χ0v) is 19.9. The first-order valence-electron chi connectivity index (χ1n) is 12.6. The summed E-state index contributed by atoms with van der Waals surface area (Å²) >= 11 is 0. The molecule has 0 N–H and O–H groups in total. The molecule has 2 aromatic rings. The monoisotopic (exact) mass is 434 g/mol. The molecule has 0 spiro atoms. The van der Waals surface area contributed by atoms with Crippen LogP contribution >= 0.6 is 0 Å². The van der Waals surface area contributed by atoms with E-state index in [9.17, 15) is 0 Å². The van der Waals surface area contributed by atoms with Gasteiger partial charge in [0.15, 0.2) is 0 Å². The maximum Gasteiger partial charge on any atom is 0.142 e. The number of pyridine rings is 1. The lowest BCUT2D eigenvalue weighted by atomic mass is 9.92. The number of hydrogen-bond donors (Lipinski definition) is 0. The van der Waals surface area contributed by atoms with Gasteiger partial charge in [0.2, 0.25) is 0 Å². The molecule has 1 atom stereocenters. The molecule has 1 aromatic heterocycles. The summed E-state index contributed by atoms with van der Waals surface area (Å²) < 4.78 is 5.86. The number of ether oxygens (including phenoxy) is 1. The summed E-state index contributed by atoms with van der Waals surface area (Å²) in [5, 5.41) is 0. The fourth-order valence-corrected chi connectivity index (χ4v) is 5.71. The predicted molar refractivity (Wildman–Crippen MR) is 131 cm³/mol. The van der Waals surface area contributed by atoms with E-state index in [1.165, 1.54) is 53.9 Å². The van der Waals surface area contributed by atoms with Crippen LogP contribution in [0.1, 0.15) is 49.2 Å². The molecule has 1 saturated heterocycles. The van der Waals surface area contributed by atoms with Crippen molar-refractivity contribution in [2.24, 2.45) is 0 Å². The van der Waals surface area contributed by atoms with Crippen molar-refractivity contribution in [1.29, 1.82) is 0 Å². The van der Waals surface area contributed by atoms with Crippen LogP contribution in [0, 0.1) is 0 Å². The molecule has 5 rings (SSSR count). The van der Waals surface area contributed by atoms with Crippen molar-refractivity contribution in [3.63, 3.8) is 0 Å². The van der Waals surface area contributed by atoms with E-state index in [1.807, 2.05) is 0 Å². The van der Waals surface area contributed by atoms with Crippen LogP contribution in [-0.2, 0) is 25.8 Å². The van der Waals surface area contributed by atoms with Crippen LogP contribution in [0.25, 0.3) is 0 Å². The zero-order valence-electron chi connectivity index (χ0n) is 19.9. The molecule has 1 aromatic carbocycles. The molecule has 0 saturated carbocycles. The Kier molecular flexibility index (Phi) is 6.65. The topological polar surface area (TPSA) is 31.8 Å². The Morgan fingerprint density at radius 1 is 0.938 bits per heavy atom. The number of benzene rings is 1. The van der Waals surface area contributed by atoms with Gasteiger partial charge in [0.05, 0.1) is 12.3 Å². The van der Waals surface area contributed by atoms with Gasteiger partial charge in [-0.15, -0.1) is 0 Å². The van der Waals surface area contributed by atoms with Gasteiger partial charge in [-0.05, 0) is 62.8 Å². The maximum absolute atomic E-state index is 5.86. The minimum atomic E-state index is 0.575. The second-order valence-electron chi connectivity index (χ2n) is 9.67. The molecule has 2 aliphatic heterocycles. The molecular weight excluding hydrogens is 396 g/mol. The van der Waals surface area contributed by atoms with E-state index >= 15 is 0 Å². The van der Waals surface area contributed by atoms with Gasteiger partial charge in [0.1, 0.15) is 5.75 Å². The molecule has 32 heavy (non-hydrogen) atoms. The highest BCUT2D eigenvalue weighted by atomic mass is 16.5. The number of fused-ring (bicyclic) bond motifs is 2. The second-order valence-corrected chi connectivity index (χ2v) is 9.67. The van der Waals surface area contributed by atoms with Gasteiger partial charge in [0.25, 0.3) is 0 Å². The summed E-state index contributed by atoms with van der Waals surface area (Å²) in [5.74, 6) is 1.01. The van der Waals surface area contributed by atoms with Crippen LogP contribution in [0.4, 0.5) is 5.69 Å². The van der Waals surface area contributed by atoms with Crippen molar-refractivity contribution in [2.45, 2.75) is 58.5 Å². The Morgan fingerprint density at radius 3 is 2.56 bits per heavy atom. The minimum Gasteiger partial charge on any atom is -0.492 e. The molecule has 0 amide bonds. The fraction of sp³-hybridized carbons (Fsp3) is 0.593. The minimum absolute atomic E-state index is 0.575. The molecular formula is C27H38N4O. The number of rotatable bonds is 6. The van der Waals surface area contributed by atoms with Crippen molar-refractivity contribution < 1.29 is 4.74 Å². The Bertz CT molecular complexity index is 922. The van der Waals surface area contributed by atoms with E-state index < -0.39 is 0 Å². The number of hydrogen-bond acceptors (Lipinski definition) is 5. The number of aromatic nitrogens is 1. The van der Waals surface area contributed by atoms with E-state index in [-0.39, 0.29) is 0 Å².